The normalized spacial score (nSPS) is 12.2. The van der Waals surface area contributed by atoms with Crippen LogP contribution in [0.1, 0.15) is 22.3 Å². The maximum Gasteiger partial charge on any atom is 0.0714 e. The van der Waals surface area contributed by atoms with E-state index in [1.54, 1.807) is 0 Å². The second-order valence-corrected chi connectivity index (χ2v) is 34.5. The fourth-order valence-corrected chi connectivity index (χ4v) is 24.1. The number of hydrogen-bond donors (Lipinski definition) is 0. The summed E-state index contributed by atoms with van der Waals surface area (Å²) in [7, 11) is -3.27. The molecule has 16 aromatic rings. The lowest BCUT2D eigenvalue weighted by Crippen LogP contribution is -2.29. The molecule has 0 amide bonds. The third-order valence-electron chi connectivity index (χ3n) is 19.6. The Morgan fingerprint density at radius 3 is 0.505 bits per heavy atom. The Bertz CT molecular complexity index is 4670. The van der Waals surface area contributed by atoms with E-state index < -0.39 is 37.1 Å². The summed E-state index contributed by atoms with van der Waals surface area (Å²) in [6.07, 6.45) is 0. The highest BCUT2D eigenvalue weighted by Gasteiger charge is 2.47. The molecule has 1 aliphatic carbocycles. The molecule has 0 atom stereocenters. The summed E-state index contributed by atoms with van der Waals surface area (Å²) >= 11 is 0. The van der Waals surface area contributed by atoms with Crippen molar-refractivity contribution in [1.29, 1.82) is 0 Å². The minimum absolute atomic E-state index is 0.795. The van der Waals surface area contributed by atoms with E-state index in [1.165, 1.54) is 119 Å². The lowest BCUT2D eigenvalue weighted by molar-refractivity contribution is 0.770. The van der Waals surface area contributed by atoms with E-state index in [-0.39, 0.29) is 0 Å². The lowest BCUT2D eigenvalue weighted by atomic mass is 9.66. The summed E-state index contributed by atoms with van der Waals surface area (Å²) in [5.74, 6) is 0. The highest BCUT2D eigenvalue weighted by Crippen LogP contribution is 2.58. The van der Waals surface area contributed by atoms with Gasteiger partial charge in [-0.15, -0.1) is 0 Å². The summed E-state index contributed by atoms with van der Waals surface area (Å²) in [4.78, 5) is 0. The molecule has 0 N–H and O–H groups in total. The van der Waals surface area contributed by atoms with Crippen LogP contribution in [0, 0.1) is 0 Å². The van der Waals surface area contributed by atoms with Gasteiger partial charge < -0.3 is 0 Å². The van der Waals surface area contributed by atoms with Crippen molar-refractivity contribution in [3.8, 4) is 55.6 Å². The van der Waals surface area contributed by atoms with Gasteiger partial charge in [0, 0.05) is 0 Å². The highest BCUT2D eigenvalue weighted by molar-refractivity contribution is 7.81. The average Bonchev–Trinajstić information content (AvgIpc) is 1.55. The van der Waals surface area contributed by atoms with Gasteiger partial charge in [-0.05, 0) is 210 Å². The lowest BCUT2D eigenvalue weighted by Gasteiger charge is -2.35. The Morgan fingerprint density at radius 2 is 0.307 bits per heavy atom. The molecule has 17 rings (SSSR count). The molecular formula is C97H70P4. The van der Waals surface area contributed by atoms with Crippen LogP contribution in [0.15, 0.2) is 425 Å². The molecule has 1 aliphatic rings. The van der Waals surface area contributed by atoms with Crippen LogP contribution in [0.3, 0.4) is 0 Å². The topological polar surface area (TPSA) is 0 Å². The van der Waals surface area contributed by atoms with Crippen LogP contribution in [0.2, 0.25) is 0 Å². The molecule has 4 heteroatoms. The Kier molecular flexibility index (Phi) is 18.2. The van der Waals surface area contributed by atoms with Crippen molar-refractivity contribution < 1.29 is 0 Å². The summed E-state index contributed by atoms with van der Waals surface area (Å²) < 4.78 is 0. The fraction of sp³-hybridized carbons (Fsp3) is 0.0103. The van der Waals surface area contributed by atoms with Gasteiger partial charge in [0.15, 0.2) is 0 Å². The number of hydrogen-bond acceptors (Lipinski definition) is 0. The van der Waals surface area contributed by atoms with Crippen molar-refractivity contribution in [2.75, 3.05) is 0 Å². The zero-order chi connectivity index (χ0) is 67.3. The quantitative estimate of drug-likeness (QED) is 0.0751. The maximum atomic E-state index is 2.54. The SMILES string of the molecule is c1ccc(P(c2ccccc2)c2ccc(-c3cc(-c4ccc(P(c5ccccc5)c5ccccc5)cc4)cc(C4(c5cc(-c6ccc(P(c7ccccc7)c7ccccc7)cc6)cc(-c6ccc(P(c7ccccc7)c7ccccc7)cc6)c5)c5ccccc5-c5ccccc54)c3)cc2)cc1. The average molecular weight is 1360 g/mol. The molecule has 0 bridgehead atoms. The molecule has 101 heavy (non-hydrogen) atoms. The Morgan fingerprint density at radius 1 is 0.139 bits per heavy atom. The van der Waals surface area contributed by atoms with Gasteiger partial charge in [0.2, 0.25) is 0 Å². The van der Waals surface area contributed by atoms with E-state index in [9.17, 15) is 0 Å². The number of rotatable bonds is 18. The van der Waals surface area contributed by atoms with Gasteiger partial charge in [-0.2, -0.15) is 0 Å². The van der Waals surface area contributed by atoms with E-state index in [0.29, 0.717) is 0 Å². The molecule has 0 aliphatic heterocycles. The minimum Gasteiger partial charge on any atom is -0.0622 e. The van der Waals surface area contributed by atoms with Gasteiger partial charge in [0.25, 0.3) is 0 Å². The standard InChI is InChI=1S/C97H70P4/c1-9-29-81(30-10-1)98(82-31-11-2-12-32-82)89-57-49-71(50-58-89)75-65-76(72-51-59-90(60-52-72)99(83-33-13-3-14-34-83)84-35-15-4-16-36-84)68-79(67-75)97(95-47-27-25-45-93(95)94-46-26-28-48-96(94)97)80-69-77(73-53-61-91(62-54-73)100(85-37-17-5-18-38-85)86-39-19-6-20-40-86)66-78(70-80)74-55-63-92(64-56-74)101(87-41-21-7-22-42-87)88-43-23-8-24-44-88/h1-70H. The molecule has 0 spiro atoms. The van der Waals surface area contributed by atoms with Gasteiger partial charge in [-0.3, -0.25) is 0 Å². The predicted octanol–water partition coefficient (Wildman–Crippen LogP) is 19.8. The van der Waals surface area contributed by atoms with Crippen LogP contribution in [-0.2, 0) is 5.41 Å². The largest absolute Gasteiger partial charge is 0.0714 e. The third kappa shape index (κ3) is 12.7. The van der Waals surface area contributed by atoms with Gasteiger partial charge >= 0.3 is 0 Å². The molecule has 0 fully saturated rings. The predicted molar refractivity (Wildman–Crippen MR) is 440 cm³/mol. The Labute approximate surface area is 599 Å². The molecule has 478 valence electrons. The van der Waals surface area contributed by atoms with Crippen molar-refractivity contribution in [3.05, 3.63) is 447 Å². The van der Waals surface area contributed by atoms with E-state index in [2.05, 4.69) is 425 Å². The van der Waals surface area contributed by atoms with Gasteiger partial charge in [-0.1, -0.05) is 388 Å². The highest BCUT2D eigenvalue weighted by atomic mass is 31.1. The fourth-order valence-electron chi connectivity index (χ4n) is 15.0. The molecule has 16 aromatic carbocycles. The van der Waals surface area contributed by atoms with E-state index in [1.807, 2.05) is 0 Å². The second-order valence-electron chi connectivity index (χ2n) is 25.7. The van der Waals surface area contributed by atoms with Crippen LogP contribution in [-0.4, -0.2) is 0 Å². The molecule has 0 nitrogen and oxygen atoms in total. The molecule has 0 saturated carbocycles. The Balaban J connectivity index is 0.888. The summed E-state index contributed by atoms with van der Waals surface area (Å²) in [6, 6.07) is 160. The van der Waals surface area contributed by atoms with E-state index >= 15 is 0 Å². The first-order valence-corrected chi connectivity index (χ1v) is 40.0. The summed E-state index contributed by atoms with van der Waals surface area (Å²) in [6.45, 7) is 0. The molecule has 0 heterocycles. The van der Waals surface area contributed by atoms with Crippen LogP contribution >= 0.6 is 31.7 Å². The minimum atomic E-state index is -0.818. The van der Waals surface area contributed by atoms with Gasteiger partial charge in [0.05, 0.1) is 5.41 Å². The molecular weight excluding hydrogens is 1290 g/mol. The van der Waals surface area contributed by atoms with E-state index in [0.717, 1.165) is 22.3 Å². The van der Waals surface area contributed by atoms with Crippen molar-refractivity contribution in [3.63, 3.8) is 0 Å². The van der Waals surface area contributed by atoms with Crippen molar-refractivity contribution >= 4 is 95.3 Å². The summed E-state index contributed by atoms with van der Waals surface area (Å²) in [5, 5.41) is 15.9. The molecule has 0 radical (unpaired) electrons. The second kappa shape index (κ2) is 28.8. The zero-order valence-corrected chi connectivity index (χ0v) is 59.3. The molecule has 0 aromatic heterocycles. The van der Waals surface area contributed by atoms with Crippen LogP contribution in [0.5, 0.6) is 0 Å². The number of fused-ring (bicyclic) bond motifs is 3. The van der Waals surface area contributed by atoms with Crippen LogP contribution < -0.4 is 63.7 Å². The van der Waals surface area contributed by atoms with Crippen molar-refractivity contribution in [1.82, 2.24) is 0 Å². The molecule has 0 unspecified atom stereocenters. The van der Waals surface area contributed by atoms with Gasteiger partial charge in [-0.25, -0.2) is 0 Å². The van der Waals surface area contributed by atoms with Crippen molar-refractivity contribution in [2.24, 2.45) is 0 Å². The first kappa shape index (κ1) is 63.7. The smallest absolute Gasteiger partial charge is 0.0622 e. The van der Waals surface area contributed by atoms with Gasteiger partial charge in [0.1, 0.15) is 0 Å². The Hall–Kier alpha value is -10.8. The van der Waals surface area contributed by atoms with E-state index in [4.69, 9.17) is 0 Å². The van der Waals surface area contributed by atoms with Crippen LogP contribution in [0.4, 0.5) is 0 Å². The third-order valence-corrected chi connectivity index (χ3v) is 29.4. The monoisotopic (exact) mass is 1360 g/mol. The van der Waals surface area contributed by atoms with Crippen LogP contribution in [0.25, 0.3) is 55.6 Å². The van der Waals surface area contributed by atoms with Crippen molar-refractivity contribution in [2.45, 2.75) is 5.41 Å². The summed E-state index contributed by atoms with van der Waals surface area (Å²) in [5.41, 5.74) is 16.0. The molecule has 0 saturated heterocycles. The number of benzene rings is 16. The maximum absolute atomic E-state index is 2.54. The zero-order valence-electron chi connectivity index (χ0n) is 55.7. The first-order chi connectivity index (χ1) is 50.1. The first-order valence-electron chi connectivity index (χ1n) is 34.6.